The Morgan fingerprint density at radius 3 is 2.37 bits per heavy atom. The third kappa shape index (κ3) is 6.61. The number of hydrogen-bond acceptors (Lipinski definition) is 4. The topological polar surface area (TPSA) is 59.8 Å². The second kappa shape index (κ2) is 11.8. The first-order chi connectivity index (χ1) is 17.0. The highest BCUT2D eigenvalue weighted by Crippen LogP contribution is 2.29. The fraction of sp³-hybridized carbons (Fsp3) is 0.276. The summed E-state index contributed by atoms with van der Waals surface area (Å²) in [6, 6.07) is 26.8. The van der Waals surface area contributed by atoms with E-state index in [9.17, 15) is 4.79 Å². The van der Waals surface area contributed by atoms with Crippen LogP contribution in [0.4, 0.5) is 0 Å². The Hall–Kier alpha value is -3.38. The van der Waals surface area contributed by atoms with Crippen LogP contribution in [0.25, 0.3) is 5.69 Å². The highest BCUT2D eigenvalue weighted by atomic mass is 32.2. The van der Waals surface area contributed by atoms with Gasteiger partial charge in [-0.05, 0) is 49.9 Å². The van der Waals surface area contributed by atoms with Gasteiger partial charge in [-0.2, -0.15) is 0 Å². The van der Waals surface area contributed by atoms with Crippen molar-refractivity contribution in [1.82, 2.24) is 20.1 Å². The fourth-order valence-corrected chi connectivity index (χ4v) is 4.94. The van der Waals surface area contributed by atoms with Crippen molar-refractivity contribution in [3.63, 3.8) is 0 Å². The number of aromatic nitrogens is 3. The van der Waals surface area contributed by atoms with E-state index < -0.39 is 0 Å². The lowest BCUT2D eigenvalue weighted by Crippen LogP contribution is -2.31. The molecule has 3 aromatic carbocycles. The number of rotatable bonds is 10. The van der Waals surface area contributed by atoms with Gasteiger partial charge in [0.1, 0.15) is 0 Å². The standard InChI is InChI=1S/C29H32N4OS/c1-4-9-27(34)30-26(19-23-11-6-5-7-12-23)28-31-32-29(33(28)25-16-14-21(2)15-17-25)35-20-24-13-8-10-22(3)18-24/h5-8,10-18,26H,4,9,19-20H2,1-3H3,(H,30,34). The van der Waals surface area contributed by atoms with E-state index in [1.807, 2.05) is 25.1 Å². The maximum absolute atomic E-state index is 12.7. The van der Waals surface area contributed by atoms with E-state index in [1.165, 1.54) is 16.7 Å². The van der Waals surface area contributed by atoms with Crippen LogP contribution < -0.4 is 5.32 Å². The van der Waals surface area contributed by atoms with Crippen LogP contribution in [0, 0.1) is 13.8 Å². The third-order valence-electron chi connectivity index (χ3n) is 5.81. The fourth-order valence-electron chi connectivity index (χ4n) is 4.04. The molecule has 1 unspecified atom stereocenters. The predicted octanol–water partition coefficient (Wildman–Crippen LogP) is 6.38. The van der Waals surface area contributed by atoms with E-state index in [1.54, 1.807) is 11.8 Å². The molecule has 0 aliphatic rings. The summed E-state index contributed by atoms with van der Waals surface area (Å²) in [7, 11) is 0. The Morgan fingerprint density at radius 1 is 0.914 bits per heavy atom. The summed E-state index contributed by atoms with van der Waals surface area (Å²) in [5.74, 6) is 1.56. The second-order valence-corrected chi connectivity index (χ2v) is 9.79. The lowest BCUT2D eigenvalue weighted by atomic mass is 10.0. The molecule has 0 saturated heterocycles. The van der Waals surface area contributed by atoms with Crippen molar-refractivity contribution in [1.29, 1.82) is 0 Å². The Kier molecular flexibility index (Phi) is 8.37. The van der Waals surface area contributed by atoms with Crippen molar-refractivity contribution in [3.05, 3.63) is 107 Å². The van der Waals surface area contributed by atoms with Crippen LogP contribution in [0.1, 0.15) is 53.9 Å². The molecule has 1 N–H and O–H groups in total. The highest BCUT2D eigenvalue weighted by Gasteiger charge is 2.24. The largest absolute Gasteiger partial charge is 0.346 e. The van der Waals surface area contributed by atoms with Crippen LogP contribution in [-0.2, 0) is 17.0 Å². The zero-order chi connectivity index (χ0) is 24.6. The Bertz CT molecular complexity index is 1250. The molecule has 0 fully saturated rings. The molecule has 4 rings (SSSR count). The van der Waals surface area contributed by atoms with Crippen molar-refractivity contribution >= 4 is 17.7 Å². The van der Waals surface area contributed by atoms with Gasteiger partial charge < -0.3 is 5.32 Å². The summed E-state index contributed by atoms with van der Waals surface area (Å²) >= 11 is 1.66. The quantitative estimate of drug-likeness (QED) is 0.266. The van der Waals surface area contributed by atoms with Crippen LogP contribution in [0.15, 0.2) is 84.0 Å². The average molecular weight is 485 g/mol. The molecular weight excluding hydrogens is 452 g/mol. The van der Waals surface area contributed by atoms with Gasteiger partial charge in [-0.15, -0.1) is 10.2 Å². The van der Waals surface area contributed by atoms with Crippen molar-refractivity contribution in [2.75, 3.05) is 0 Å². The highest BCUT2D eigenvalue weighted by molar-refractivity contribution is 7.98. The van der Waals surface area contributed by atoms with Crippen LogP contribution >= 0.6 is 11.8 Å². The molecule has 0 aliphatic carbocycles. The predicted molar refractivity (Wildman–Crippen MR) is 143 cm³/mol. The number of nitrogens with zero attached hydrogens (tertiary/aromatic N) is 3. The third-order valence-corrected chi connectivity index (χ3v) is 6.81. The molecule has 35 heavy (non-hydrogen) atoms. The van der Waals surface area contributed by atoms with Gasteiger partial charge in [-0.1, -0.05) is 96.5 Å². The molecular formula is C29H32N4OS. The first-order valence-electron chi connectivity index (χ1n) is 12.1. The van der Waals surface area contributed by atoms with Gasteiger partial charge in [-0.3, -0.25) is 9.36 Å². The van der Waals surface area contributed by atoms with Gasteiger partial charge in [0.25, 0.3) is 0 Å². The van der Waals surface area contributed by atoms with Gasteiger partial charge in [0.2, 0.25) is 5.91 Å². The normalized spacial score (nSPS) is 11.9. The number of carbonyl (C=O) groups is 1. The minimum absolute atomic E-state index is 0.0286. The number of thioether (sulfide) groups is 1. The first kappa shape index (κ1) is 24.7. The zero-order valence-electron chi connectivity index (χ0n) is 20.6. The van der Waals surface area contributed by atoms with Gasteiger partial charge in [0, 0.05) is 17.9 Å². The minimum atomic E-state index is -0.293. The maximum atomic E-state index is 12.7. The number of benzene rings is 3. The SMILES string of the molecule is CCCC(=O)NC(Cc1ccccc1)c1nnc(SCc2cccc(C)c2)n1-c1ccc(C)cc1. The van der Waals surface area contributed by atoms with Crippen LogP contribution in [0.3, 0.4) is 0 Å². The summed E-state index contributed by atoms with van der Waals surface area (Å²) in [6.45, 7) is 6.20. The van der Waals surface area contributed by atoms with E-state index >= 15 is 0 Å². The summed E-state index contributed by atoms with van der Waals surface area (Å²) in [5.41, 5.74) is 5.80. The molecule has 1 atom stereocenters. The Labute approximate surface area is 212 Å². The van der Waals surface area contributed by atoms with E-state index in [0.29, 0.717) is 12.8 Å². The maximum Gasteiger partial charge on any atom is 0.220 e. The Balaban J connectivity index is 1.72. The molecule has 6 heteroatoms. The van der Waals surface area contributed by atoms with Crippen molar-refractivity contribution in [2.24, 2.45) is 0 Å². The van der Waals surface area contributed by atoms with Gasteiger partial charge >= 0.3 is 0 Å². The van der Waals surface area contributed by atoms with Gasteiger partial charge in [-0.25, -0.2) is 0 Å². The van der Waals surface area contributed by atoms with Crippen LogP contribution in [-0.4, -0.2) is 20.7 Å². The molecule has 0 spiro atoms. The van der Waals surface area contributed by atoms with E-state index in [0.717, 1.165) is 34.4 Å². The molecule has 1 amide bonds. The molecule has 180 valence electrons. The molecule has 5 nitrogen and oxygen atoms in total. The summed E-state index contributed by atoms with van der Waals surface area (Å²) in [4.78, 5) is 12.7. The number of nitrogens with one attached hydrogen (secondary N) is 1. The molecule has 0 radical (unpaired) electrons. The number of hydrogen-bond donors (Lipinski definition) is 1. The van der Waals surface area contributed by atoms with E-state index in [2.05, 4.69) is 94.6 Å². The smallest absolute Gasteiger partial charge is 0.220 e. The number of aryl methyl sites for hydroxylation is 2. The van der Waals surface area contributed by atoms with Gasteiger partial charge in [0.05, 0.1) is 6.04 Å². The molecule has 0 bridgehead atoms. The summed E-state index contributed by atoms with van der Waals surface area (Å²) in [5, 5.41) is 13.3. The number of carbonyl (C=O) groups excluding carboxylic acids is 1. The van der Waals surface area contributed by atoms with E-state index in [4.69, 9.17) is 0 Å². The number of amides is 1. The van der Waals surface area contributed by atoms with Crippen molar-refractivity contribution in [3.8, 4) is 5.69 Å². The van der Waals surface area contributed by atoms with Crippen LogP contribution in [0.5, 0.6) is 0 Å². The first-order valence-corrected chi connectivity index (χ1v) is 13.1. The monoisotopic (exact) mass is 484 g/mol. The van der Waals surface area contributed by atoms with Crippen LogP contribution in [0.2, 0.25) is 0 Å². The van der Waals surface area contributed by atoms with E-state index in [-0.39, 0.29) is 11.9 Å². The average Bonchev–Trinajstić information content (AvgIpc) is 3.28. The molecule has 1 heterocycles. The second-order valence-electron chi connectivity index (χ2n) is 8.85. The van der Waals surface area contributed by atoms with Gasteiger partial charge in [0.15, 0.2) is 11.0 Å². The van der Waals surface area contributed by atoms with Crippen molar-refractivity contribution in [2.45, 2.75) is 57.0 Å². The summed E-state index contributed by atoms with van der Waals surface area (Å²) in [6.07, 6.45) is 1.92. The molecule has 0 saturated carbocycles. The molecule has 1 aromatic heterocycles. The molecule has 0 aliphatic heterocycles. The minimum Gasteiger partial charge on any atom is -0.346 e. The lowest BCUT2D eigenvalue weighted by Gasteiger charge is -2.20. The lowest BCUT2D eigenvalue weighted by molar-refractivity contribution is -0.121. The Morgan fingerprint density at radius 2 is 1.66 bits per heavy atom. The zero-order valence-corrected chi connectivity index (χ0v) is 21.4. The summed E-state index contributed by atoms with van der Waals surface area (Å²) < 4.78 is 2.10. The van der Waals surface area contributed by atoms with Crippen molar-refractivity contribution < 1.29 is 4.79 Å². The molecule has 4 aromatic rings.